The van der Waals surface area contributed by atoms with Gasteiger partial charge in [0.2, 0.25) is 0 Å². The molecule has 0 fully saturated rings. The third kappa shape index (κ3) is 3.88. The molecule has 1 aromatic carbocycles. The number of anilines is 1. The van der Waals surface area contributed by atoms with Crippen LogP contribution in [0.3, 0.4) is 0 Å². The van der Waals surface area contributed by atoms with Crippen LogP contribution in [0.4, 0.5) is 5.00 Å². The van der Waals surface area contributed by atoms with Gasteiger partial charge in [0.25, 0.3) is 11.8 Å². The zero-order chi connectivity index (χ0) is 19.0. The molecule has 3 rings (SSSR count). The van der Waals surface area contributed by atoms with Crippen LogP contribution in [0.15, 0.2) is 18.2 Å². The minimum absolute atomic E-state index is 0.332. The largest absolute Gasteiger partial charge is 0.365 e. The highest BCUT2D eigenvalue weighted by atomic mass is 35.5. The smallest absolute Gasteiger partial charge is 0.256 e. The normalized spacial score (nSPS) is 16.4. The van der Waals surface area contributed by atoms with Gasteiger partial charge in [-0.1, -0.05) is 23.2 Å². The second-order valence-corrected chi connectivity index (χ2v) is 8.65. The molecule has 8 heteroatoms. The number of quaternary nitrogens is 1. The molecule has 1 aromatic heterocycles. The summed E-state index contributed by atoms with van der Waals surface area (Å²) in [4.78, 5) is 27.2. The van der Waals surface area contributed by atoms with Crippen LogP contribution in [0.25, 0.3) is 0 Å². The van der Waals surface area contributed by atoms with Crippen molar-refractivity contribution >= 4 is 51.4 Å². The first-order chi connectivity index (χ1) is 12.3. The molecule has 1 aliphatic heterocycles. The van der Waals surface area contributed by atoms with E-state index >= 15 is 0 Å². The van der Waals surface area contributed by atoms with E-state index in [9.17, 15) is 9.59 Å². The van der Waals surface area contributed by atoms with Gasteiger partial charge < -0.3 is 16.0 Å². The number of carbonyl (C=O) groups excluding carboxylic acids is 2. The highest BCUT2D eigenvalue weighted by Crippen LogP contribution is 2.35. The van der Waals surface area contributed by atoms with E-state index in [0.717, 1.165) is 30.0 Å². The maximum atomic E-state index is 12.6. The summed E-state index contributed by atoms with van der Waals surface area (Å²) in [6, 6.07) is 5.12. The molecular formula is C18H20Cl2N3O2S+. The first-order valence-corrected chi connectivity index (χ1v) is 9.90. The van der Waals surface area contributed by atoms with Crippen molar-refractivity contribution in [3.8, 4) is 0 Å². The van der Waals surface area contributed by atoms with E-state index in [1.807, 2.05) is 0 Å². The van der Waals surface area contributed by atoms with Gasteiger partial charge in [0.15, 0.2) is 0 Å². The summed E-state index contributed by atoms with van der Waals surface area (Å²) in [6.45, 7) is 6.12. The van der Waals surface area contributed by atoms with Crippen molar-refractivity contribution in [3.05, 3.63) is 49.8 Å². The van der Waals surface area contributed by atoms with Gasteiger partial charge in [-0.15, -0.1) is 11.3 Å². The lowest BCUT2D eigenvalue weighted by atomic mass is 10.0. The third-order valence-electron chi connectivity index (χ3n) is 4.59. The van der Waals surface area contributed by atoms with Gasteiger partial charge in [0, 0.05) is 22.0 Å². The fourth-order valence-electron chi connectivity index (χ4n) is 3.20. The van der Waals surface area contributed by atoms with Crippen LogP contribution in [-0.2, 0) is 13.0 Å². The van der Waals surface area contributed by atoms with E-state index in [4.69, 9.17) is 28.9 Å². The second-order valence-electron chi connectivity index (χ2n) is 6.67. The van der Waals surface area contributed by atoms with Gasteiger partial charge in [-0.3, -0.25) is 9.59 Å². The van der Waals surface area contributed by atoms with Crippen LogP contribution >= 0.6 is 34.5 Å². The molecule has 0 saturated heterocycles. The molecule has 2 amide bonds. The number of halogens is 2. The maximum Gasteiger partial charge on any atom is 0.256 e. The standard InChI is InChI=1S/C18H19Cl2N3O2S/c1-9(2)23-4-3-13-14(8-23)26-18(15(13)16(21)24)22-17(25)10-5-11(19)7-12(20)6-10/h5-7,9H,3-4,8H2,1-2H3,(H2,21,24)(H,22,25)/p+1. The van der Waals surface area contributed by atoms with Gasteiger partial charge in [-0.05, 0) is 37.6 Å². The Hall–Kier alpha value is -1.60. The average molecular weight is 413 g/mol. The number of hydrogen-bond donors (Lipinski definition) is 3. The number of carbonyl (C=O) groups is 2. The van der Waals surface area contributed by atoms with Crippen LogP contribution in [0.5, 0.6) is 0 Å². The van der Waals surface area contributed by atoms with Crippen LogP contribution in [0.1, 0.15) is 45.0 Å². The van der Waals surface area contributed by atoms with Crippen molar-refractivity contribution in [2.24, 2.45) is 5.73 Å². The Morgan fingerprint density at radius 2 is 1.88 bits per heavy atom. The number of amides is 2. The Labute approximate surface area is 166 Å². The summed E-state index contributed by atoms with van der Waals surface area (Å²) in [5.41, 5.74) is 7.33. The molecule has 138 valence electrons. The topological polar surface area (TPSA) is 76.6 Å². The van der Waals surface area contributed by atoms with Gasteiger partial charge in [0.05, 0.1) is 23.0 Å². The first-order valence-electron chi connectivity index (χ1n) is 8.32. The first kappa shape index (κ1) is 19.2. The van der Waals surface area contributed by atoms with E-state index in [1.54, 1.807) is 6.07 Å². The lowest BCUT2D eigenvalue weighted by molar-refractivity contribution is -0.936. The molecule has 0 radical (unpaired) electrons. The van der Waals surface area contributed by atoms with E-state index in [-0.39, 0.29) is 5.91 Å². The number of rotatable bonds is 4. The van der Waals surface area contributed by atoms with Crippen LogP contribution in [-0.4, -0.2) is 24.4 Å². The molecular weight excluding hydrogens is 393 g/mol. The molecule has 0 bridgehead atoms. The van der Waals surface area contributed by atoms with E-state index in [0.29, 0.717) is 32.2 Å². The molecule has 1 aliphatic rings. The summed E-state index contributed by atoms with van der Waals surface area (Å²) in [6.07, 6.45) is 0.774. The summed E-state index contributed by atoms with van der Waals surface area (Å²) in [5, 5.41) is 4.06. The summed E-state index contributed by atoms with van der Waals surface area (Å²) in [5.74, 6) is -0.890. The molecule has 1 unspecified atom stereocenters. The fraction of sp³-hybridized carbons (Fsp3) is 0.333. The van der Waals surface area contributed by atoms with Crippen molar-refractivity contribution in [1.82, 2.24) is 0 Å². The molecule has 0 saturated carbocycles. The average Bonchev–Trinajstić information content (AvgIpc) is 2.90. The Kier molecular flexibility index (Phi) is 5.58. The van der Waals surface area contributed by atoms with Crippen LogP contribution in [0.2, 0.25) is 10.0 Å². The summed E-state index contributed by atoms with van der Waals surface area (Å²) < 4.78 is 0. The number of primary amides is 1. The molecule has 0 aliphatic carbocycles. The summed E-state index contributed by atoms with van der Waals surface area (Å²) >= 11 is 13.4. The zero-order valence-electron chi connectivity index (χ0n) is 14.5. The van der Waals surface area contributed by atoms with Gasteiger partial charge in [-0.2, -0.15) is 0 Å². The monoisotopic (exact) mass is 412 g/mol. The van der Waals surface area contributed by atoms with Crippen molar-refractivity contribution < 1.29 is 14.5 Å². The summed E-state index contributed by atoms with van der Waals surface area (Å²) in [7, 11) is 0. The predicted octanol–water partition coefficient (Wildman–Crippen LogP) is 2.76. The number of thiophene rings is 1. The molecule has 2 heterocycles. The minimum Gasteiger partial charge on any atom is -0.365 e. The van der Waals surface area contributed by atoms with Crippen molar-refractivity contribution in [1.29, 1.82) is 0 Å². The van der Waals surface area contributed by atoms with Crippen molar-refractivity contribution in [2.75, 3.05) is 11.9 Å². The fourth-order valence-corrected chi connectivity index (χ4v) is 5.03. The molecule has 1 atom stereocenters. The number of nitrogens with two attached hydrogens (primary N) is 1. The maximum absolute atomic E-state index is 12.6. The number of fused-ring (bicyclic) bond motifs is 1. The van der Waals surface area contributed by atoms with Crippen LogP contribution in [0, 0.1) is 0 Å². The number of benzene rings is 1. The highest BCUT2D eigenvalue weighted by molar-refractivity contribution is 7.17. The van der Waals surface area contributed by atoms with Gasteiger partial charge in [0.1, 0.15) is 11.5 Å². The van der Waals surface area contributed by atoms with Crippen molar-refractivity contribution in [3.63, 3.8) is 0 Å². The number of hydrogen-bond acceptors (Lipinski definition) is 3. The molecule has 26 heavy (non-hydrogen) atoms. The second kappa shape index (κ2) is 7.56. The quantitative estimate of drug-likeness (QED) is 0.721. The number of nitrogens with one attached hydrogen (secondary N) is 2. The molecule has 4 N–H and O–H groups in total. The Morgan fingerprint density at radius 1 is 1.23 bits per heavy atom. The SMILES string of the molecule is CC(C)[NH+]1CCc2c(sc(NC(=O)c3cc(Cl)cc(Cl)c3)c2C(N)=O)C1. The Morgan fingerprint density at radius 3 is 2.46 bits per heavy atom. The third-order valence-corrected chi connectivity index (χ3v) is 6.17. The molecule has 0 spiro atoms. The van der Waals surface area contributed by atoms with Gasteiger partial charge >= 0.3 is 0 Å². The lowest BCUT2D eigenvalue weighted by Gasteiger charge is -2.27. The van der Waals surface area contributed by atoms with E-state index in [1.165, 1.54) is 28.4 Å². The minimum atomic E-state index is -0.519. The van der Waals surface area contributed by atoms with E-state index in [2.05, 4.69) is 19.2 Å². The molecule has 5 nitrogen and oxygen atoms in total. The molecule has 2 aromatic rings. The predicted molar refractivity (Wildman–Crippen MR) is 106 cm³/mol. The Bertz CT molecular complexity index is 859. The van der Waals surface area contributed by atoms with Gasteiger partial charge in [-0.25, -0.2) is 0 Å². The zero-order valence-corrected chi connectivity index (χ0v) is 16.8. The van der Waals surface area contributed by atoms with E-state index < -0.39 is 5.91 Å². The Balaban J connectivity index is 1.93. The van der Waals surface area contributed by atoms with Crippen LogP contribution < -0.4 is 16.0 Å². The van der Waals surface area contributed by atoms with Crippen molar-refractivity contribution in [2.45, 2.75) is 32.9 Å². The lowest BCUT2D eigenvalue weighted by Crippen LogP contribution is -3.14. The highest BCUT2D eigenvalue weighted by Gasteiger charge is 2.30.